The van der Waals surface area contributed by atoms with Crippen molar-refractivity contribution in [3.05, 3.63) is 34.6 Å². The number of H-pyrrole nitrogens is 1. The molecule has 0 spiro atoms. The number of alkyl halides is 3. The fraction of sp³-hybridized carbons (Fsp3) is 0.350. The largest absolute Gasteiger partial charge is 0.453 e. The van der Waals surface area contributed by atoms with E-state index in [1.165, 1.54) is 13.3 Å². The van der Waals surface area contributed by atoms with Crippen molar-refractivity contribution in [1.29, 1.82) is 0 Å². The number of anilines is 2. The molecule has 0 radical (unpaired) electrons. The molecule has 1 saturated heterocycles. The first kappa shape index (κ1) is 22.3. The van der Waals surface area contributed by atoms with Crippen LogP contribution in [0.2, 0.25) is 0 Å². The molecule has 32 heavy (non-hydrogen) atoms. The van der Waals surface area contributed by atoms with Gasteiger partial charge in [0.15, 0.2) is 0 Å². The summed E-state index contributed by atoms with van der Waals surface area (Å²) in [6, 6.07) is 3.22. The Morgan fingerprint density at radius 1 is 1.34 bits per heavy atom. The van der Waals surface area contributed by atoms with E-state index in [9.17, 15) is 18.0 Å². The van der Waals surface area contributed by atoms with Crippen LogP contribution in [0, 0.1) is 0 Å². The van der Waals surface area contributed by atoms with Crippen LogP contribution in [0.25, 0.3) is 22.2 Å². The summed E-state index contributed by atoms with van der Waals surface area (Å²) < 4.78 is 46.4. The van der Waals surface area contributed by atoms with E-state index in [2.05, 4.69) is 51.6 Å². The summed E-state index contributed by atoms with van der Waals surface area (Å²) in [6.45, 7) is 1.60. The first-order chi connectivity index (χ1) is 15.3. The molecule has 0 saturated carbocycles. The number of hydrogen-bond donors (Lipinski definition) is 4. The summed E-state index contributed by atoms with van der Waals surface area (Å²) in [4.78, 5) is 22.7. The fourth-order valence-electron chi connectivity index (χ4n) is 3.64. The van der Waals surface area contributed by atoms with Crippen LogP contribution in [0.15, 0.2) is 29.0 Å². The molecule has 170 valence electrons. The number of methoxy groups -OCH3 is 1. The van der Waals surface area contributed by atoms with E-state index in [1.807, 2.05) is 0 Å². The molecular formula is C20H20BrF3N6O2. The smallest absolute Gasteiger partial charge is 0.419 e. The molecule has 1 atom stereocenters. The molecule has 0 aliphatic carbocycles. The summed E-state index contributed by atoms with van der Waals surface area (Å²) in [6.07, 6.45) is -1.19. The van der Waals surface area contributed by atoms with Crippen molar-refractivity contribution in [2.24, 2.45) is 0 Å². The molecule has 12 heteroatoms. The highest BCUT2D eigenvalue weighted by atomic mass is 79.9. The number of ether oxygens (including phenoxy) is 1. The second kappa shape index (κ2) is 8.94. The maximum atomic E-state index is 13.8. The van der Waals surface area contributed by atoms with Crippen molar-refractivity contribution in [3.63, 3.8) is 0 Å². The maximum absolute atomic E-state index is 13.8. The van der Waals surface area contributed by atoms with Crippen molar-refractivity contribution in [1.82, 2.24) is 20.3 Å². The lowest BCUT2D eigenvalue weighted by Crippen LogP contribution is -2.38. The Morgan fingerprint density at radius 2 is 2.16 bits per heavy atom. The average Bonchev–Trinajstić information content (AvgIpc) is 3.20. The summed E-state index contributed by atoms with van der Waals surface area (Å²) in [5.74, 6) is 0.138. The van der Waals surface area contributed by atoms with Gasteiger partial charge in [-0.25, -0.2) is 14.8 Å². The van der Waals surface area contributed by atoms with E-state index in [-0.39, 0.29) is 23.2 Å². The predicted octanol–water partition coefficient (Wildman–Crippen LogP) is 4.75. The molecule has 3 heterocycles. The van der Waals surface area contributed by atoms with Crippen LogP contribution in [-0.4, -0.2) is 47.3 Å². The maximum Gasteiger partial charge on any atom is 0.419 e. The third-order valence-corrected chi connectivity index (χ3v) is 6.02. The minimum Gasteiger partial charge on any atom is -0.453 e. The molecular weight excluding hydrogens is 493 g/mol. The monoisotopic (exact) mass is 512 g/mol. The predicted molar refractivity (Wildman–Crippen MR) is 118 cm³/mol. The van der Waals surface area contributed by atoms with Crippen molar-refractivity contribution in [2.75, 3.05) is 30.8 Å². The second-order valence-corrected chi connectivity index (χ2v) is 8.10. The molecule has 1 aliphatic heterocycles. The molecule has 1 fully saturated rings. The van der Waals surface area contributed by atoms with Gasteiger partial charge in [-0.2, -0.15) is 13.2 Å². The highest BCUT2D eigenvalue weighted by molar-refractivity contribution is 9.10. The minimum absolute atomic E-state index is 0.0393. The van der Waals surface area contributed by atoms with Crippen molar-refractivity contribution < 1.29 is 22.7 Å². The molecule has 1 amide bonds. The first-order valence-corrected chi connectivity index (χ1v) is 10.6. The summed E-state index contributed by atoms with van der Waals surface area (Å²) in [5.41, 5.74) is 0.0179. The lowest BCUT2D eigenvalue weighted by molar-refractivity contribution is -0.137. The van der Waals surface area contributed by atoms with Gasteiger partial charge in [0.25, 0.3) is 0 Å². The number of nitrogens with zero attached hydrogens (tertiary/aromatic N) is 2. The van der Waals surface area contributed by atoms with Gasteiger partial charge in [-0.3, -0.25) is 5.32 Å². The average molecular weight is 513 g/mol. The molecule has 1 aliphatic rings. The standard InChI is InChI=1S/C20H20BrF3N6O2/c1-32-19(31)29-14-5-4-11-12(8-26-17(11)15(14)21)16-13(20(22,23)24)9-27-18(30-16)28-10-3-2-6-25-7-10/h4-5,8-10,25-26H,2-3,6-7H2,1H3,(H,29,31)(H,27,28,30). The Morgan fingerprint density at radius 3 is 2.84 bits per heavy atom. The molecule has 8 nitrogen and oxygen atoms in total. The van der Waals surface area contributed by atoms with E-state index in [4.69, 9.17) is 0 Å². The summed E-state index contributed by atoms with van der Waals surface area (Å²) in [5, 5.41) is 9.41. The number of carbonyl (C=O) groups excluding carboxylic acids is 1. The van der Waals surface area contributed by atoms with Crippen molar-refractivity contribution >= 4 is 44.6 Å². The zero-order valence-corrected chi connectivity index (χ0v) is 18.5. The number of fused-ring (bicyclic) bond motifs is 1. The molecule has 3 aromatic rings. The number of halogens is 4. The highest BCUT2D eigenvalue weighted by Crippen LogP contribution is 2.41. The van der Waals surface area contributed by atoms with E-state index < -0.39 is 17.8 Å². The topological polar surface area (TPSA) is 104 Å². The Balaban J connectivity index is 1.77. The Hall–Kier alpha value is -2.86. The van der Waals surface area contributed by atoms with Crippen LogP contribution in [0.5, 0.6) is 0 Å². The van der Waals surface area contributed by atoms with Crippen LogP contribution >= 0.6 is 15.9 Å². The fourth-order valence-corrected chi connectivity index (χ4v) is 4.20. The second-order valence-electron chi connectivity index (χ2n) is 7.31. The molecule has 4 N–H and O–H groups in total. The molecule has 1 aromatic carbocycles. The first-order valence-electron chi connectivity index (χ1n) is 9.84. The van der Waals surface area contributed by atoms with Gasteiger partial charge in [-0.15, -0.1) is 0 Å². The van der Waals surface area contributed by atoms with E-state index in [1.54, 1.807) is 12.1 Å². The lowest BCUT2D eigenvalue weighted by atomic mass is 10.1. The number of rotatable bonds is 4. The quantitative estimate of drug-likeness (QED) is 0.402. The third-order valence-electron chi connectivity index (χ3n) is 5.19. The third kappa shape index (κ3) is 4.51. The van der Waals surface area contributed by atoms with E-state index in [0.29, 0.717) is 27.6 Å². The van der Waals surface area contributed by atoms with Gasteiger partial charge in [0, 0.05) is 35.9 Å². The van der Waals surface area contributed by atoms with Gasteiger partial charge < -0.3 is 20.4 Å². The van der Waals surface area contributed by atoms with E-state index in [0.717, 1.165) is 25.6 Å². The number of benzene rings is 1. The zero-order valence-electron chi connectivity index (χ0n) is 16.9. The normalized spacial score (nSPS) is 16.7. The number of hydrogen-bond acceptors (Lipinski definition) is 6. The number of aromatic nitrogens is 3. The van der Waals surface area contributed by atoms with Crippen LogP contribution in [0.3, 0.4) is 0 Å². The Labute approximate surface area is 189 Å². The van der Waals surface area contributed by atoms with Crippen molar-refractivity contribution in [3.8, 4) is 11.3 Å². The summed E-state index contributed by atoms with van der Waals surface area (Å²) >= 11 is 3.39. The molecule has 4 rings (SSSR count). The van der Waals surface area contributed by atoms with Gasteiger partial charge in [-0.05, 0) is 41.4 Å². The Bertz CT molecular complexity index is 1140. The number of nitrogens with one attached hydrogen (secondary N) is 4. The van der Waals surface area contributed by atoms with Gasteiger partial charge in [-0.1, -0.05) is 6.07 Å². The number of piperidine rings is 1. The van der Waals surface area contributed by atoms with Crippen LogP contribution in [0.4, 0.5) is 29.6 Å². The number of aromatic amines is 1. The molecule has 2 aromatic heterocycles. The van der Waals surface area contributed by atoms with Gasteiger partial charge in [0.2, 0.25) is 5.95 Å². The van der Waals surface area contributed by atoms with Crippen LogP contribution in [0.1, 0.15) is 18.4 Å². The van der Waals surface area contributed by atoms with Crippen LogP contribution < -0.4 is 16.0 Å². The Kier molecular flexibility index (Phi) is 6.24. The highest BCUT2D eigenvalue weighted by Gasteiger charge is 2.36. The number of amides is 1. The number of carbonyl (C=O) groups is 1. The molecule has 0 bridgehead atoms. The van der Waals surface area contributed by atoms with Gasteiger partial charge in [0.05, 0.1) is 28.5 Å². The zero-order chi connectivity index (χ0) is 22.9. The van der Waals surface area contributed by atoms with Crippen LogP contribution in [-0.2, 0) is 10.9 Å². The van der Waals surface area contributed by atoms with Gasteiger partial charge >= 0.3 is 12.3 Å². The van der Waals surface area contributed by atoms with Crippen molar-refractivity contribution in [2.45, 2.75) is 25.1 Å². The summed E-state index contributed by atoms with van der Waals surface area (Å²) in [7, 11) is 1.23. The SMILES string of the molecule is COC(=O)Nc1ccc2c(-c3nc(NC4CCCNC4)ncc3C(F)(F)F)c[nH]c2c1Br. The minimum atomic E-state index is -4.63. The molecule has 1 unspecified atom stereocenters. The van der Waals surface area contributed by atoms with Gasteiger partial charge in [0.1, 0.15) is 5.56 Å². The lowest BCUT2D eigenvalue weighted by Gasteiger charge is -2.24. The van der Waals surface area contributed by atoms with E-state index >= 15 is 0 Å².